The maximum Gasteiger partial charge on any atom is 0.0586 e. The SMILES string of the molecule is CC(C)c1ccc(C2(CCO)COC2)cc1. The molecule has 1 fully saturated rings. The molecule has 0 aliphatic carbocycles. The molecule has 1 N–H and O–H groups in total. The molecule has 0 unspecified atom stereocenters. The molecular weight excluding hydrogens is 200 g/mol. The van der Waals surface area contributed by atoms with Crippen LogP contribution in [0.5, 0.6) is 0 Å². The maximum absolute atomic E-state index is 9.12. The topological polar surface area (TPSA) is 29.5 Å². The second-order valence-corrected chi connectivity index (χ2v) is 5.02. The molecule has 0 aromatic heterocycles. The first kappa shape index (κ1) is 11.6. The summed E-state index contributed by atoms with van der Waals surface area (Å²) in [5.41, 5.74) is 2.74. The van der Waals surface area contributed by atoms with Crippen LogP contribution in [0.25, 0.3) is 0 Å². The Labute approximate surface area is 97.3 Å². The Hall–Kier alpha value is -0.860. The molecule has 1 saturated heterocycles. The van der Waals surface area contributed by atoms with Crippen LogP contribution in [-0.2, 0) is 10.2 Å². The standard InChI is InChI=1S/C14H20O2/c1-11(2)12-3-5-13(6-4-12)14(7-8-15)9-16-10-14/h3-6,11,15H,7-10H2,1-2H3. The molecule has 0 atom stereocenters. The minimum atomic E-state index is 0.0737. The third-order valence-electron chi connectivity index (χ3n) is 3.54. The van der Waals surface area contributed by atoms with Gasteiger partial charge in [-0.1, -0.05) is 38.1 Å². The van der Waals surface area contributed by atoms with E-state index in [2.05, 4.69) is 38.1 Å². The molecule has 1 aliphatic rings. The van der Waals surface area contributed by atoms with E-state index in [1.807, 2.05) is 0 Å². The molecule has 0 amide bonds. The normalized spacial score (nSPS) is 18.5. The van der Waals surface area contributed by atoms with Gasteiger partial charge in [-0.05, 0) is 23.5 Å². The lowest BCUT2D eigenvalue weighted by Crippen LogP contribution is -2.47. The van der Waals surface area contributed by atoms with E-state index in [1.165, 1.54) is 11.1 Å². The van der Waals surface area contributed by atoms with E-state index in [0.29, 0.717) is 5.92 Å². The molecule has 0 saturated carbocycles. The summed E-state index contributed by atoms with van der Waals surface area (Å²) in [5.74, 6) is 0.570. The van der Waals surface area contributed by atoms with Crippen LogP contribution in [-0.4, -0.2) is 24.9 Å². The average Bonchev–Trinajstić information content (AvgIpc) is 2.23. The second-order valence-electron chi connectivity index (χ2n) is 5.02. The summed E-state index contributed by atoms with van der Waals surface area (Å²) in [5, 5.41) is 9.12. The Morgan fingerprint density at radius 3 is 2.25 bits per heavy atom. The van der Waals surface area contributed by atoms with E-state index in [9.17, 15) is 0 Å². The zero-order chi connectivity index (χ0) is 11.6. The number of hydrogen-bond acceptors (Lipinski definition) is 2. The summed E-state index contributed by atoms with van der Waals surface area (Å²) in [7, 11) is 0. The monoisotopic (exact) mass is 220 g/mol. The van der Waals surface area contributed by atoms with Gasteiger partial charge >= 0.3 is 0 Å². The fraction of sp³-hybridized carbons (Fsp3) is 0.571. The minimum absolute atomic E-state index is 0.0737. The van der Waals surface area contributed by atoms with E-state index < -0.39 is 0 Å². The van der Waals surface area contributed by atoms with Crippen molar-refractivity contribution in [3.8, 4) is 0 Å². The molecule has 88 valence electrons. The van der Waals surface area contributed by atoms with Crippen molar-refractivity contribution in [2.24, 2.45) is 0 Å². The smallest absolute Gasteiger partial charge is 0.0586 e. The predicted molar refractivity (Wildman–Crippen MR) is 64.7 cm³/mol. The van der Waals surface area contributed by atoms with E-state index in [1.54, 1.807) is 0 Å². The molecule has 1 aromatic rings. The first-order chi connectivity index (χ1) is 7.68. The number of rotatable bonds is 4. The van der Waals surface area contributed by atoms with E-state index >= 15 is 0 Å². The lowest BCUT2D eigenvalue weighted by atomic mass is 9.75. The van der Waals surface area contributed by atoms with E-state index in [-0.39, 0.29) is 12.0 Å². The van der Waals surface area contributed by atoms with Gasteiger partial charge in [0.15, 0.2) is 0 Å². The fourth-order valence-corrected chi connectivity index (χ4v) is 2.24. The van der Waals surface area contributed by atoms with Gasteiger partial charge in [-0.15, -0.1) is 0 Å². The highest BCUT2D eigenvalue weighted by molar-refractivity contribution is 5.32. The molecule has 0 bridgehead atoms. The second kappa shape index (κ2) is 4.56. The quantitative estimate of drug-likeness (QED) is 0.844. The van der Waals surface area contributed by atoms with Gasteiger partial charge in [0, 0.05) is 12.0 Å². The summed E-state index contributed by atoms with van der Waals surface area (Å²) in [6.45, 7) is 6.12. The maximum atomic E-state index is 9.12. The highest BCUT2D eigenvalue weighted by Crippen LogP contribution is 2.36. The largest absolute Gasteiger partial charge is 0.396 e. The lowest BCUT2D eigenvalue weighted by Gasteiger charge is -2.41. The molecule has 2 rings (SSSR count). The van der Waals surface area contributed by atoms with Crippen LogP contribution in [0.15, 0.2) is 24.3 Å². The molecule has 1 heterocycles. The molecule has 0 radical (unpaired) electrons. The van der Waals surface area contributed by atoms with Crippen LogP contribution >= 0.6 is 0 Å². The van der Waals surface area contributed by atoms with Crippen LogP contribution in [0.2, 0.25) is 0 Å². The van der Waals surface area contributed by atoms with Crippen molar-refractivity contribution in [2.75, 3.05) is 19.8 Å². The third-order valence-corrected chi connectivity index (χ3v) is 3.54. The van der Waals surface area contributed by atoms with E-state index in [4.69, 9.17) is 9.84 Å². The van der Waals surface area contributed by atoms with Crippen molar-refractivity contribution in [3.05, 3.63) is 35.4 Å². The Balaban J connectivity index is 2.20. The zero-order valence-electron chi connectivity index (χ0n) is 10.1. The summed E-state index contributed by atoms with van der Waals surface area (Å²) < 4.78 is 5.31. The van der Waals surface area contributed by atoms with Crippen LogP contribution in [0, 0.1) is 0 Å². The van der Waals surface area contributed by atoms with Gasteiger partial charge in [-0.25, -0.2) is 0 Å². The molecular formula is C14H20O2. The minimum Gasteiger partial charge on any atom is -0.396 e. The average molecular weight is 220 g/mol. The third kappa shape index (κ3) is 2.00. The Kier molecular flexibility index (Phi) is 3.31. The van der Waals surface area contributed by atoms with Gasteiger partial charge in [0.25, 0.3) is 0 Å². The van der Waals surface area contributed by atoms with Gasteiger partial charge in [0.05, 0.1) is 13.2 Å². The summed E-state index contributed by atoms with van der Waals surface area (Å²) in [6.07, 6.45) is 0.800. The first-order valence-corrected chi connectivity index (χ1v) is 5.97. The van der Waals surface area contributed by atoms with Crippen molar-refractivity contribution < 1.29 is 9.84 Å². The van der Waals surface area contributed by atoms with Crippen LogP contribution in [0.3, 0.4) is 0 Å². The summed E-state index contributed by atoms with van der Waals surface area (Å²) >= 11 is 0. The van der Waals surface area contributed by atoms with Crippen LogP contribution in [0.1, 0.15) is 37.3 Å². The first-order valence-electron chi connectivity index (χ1n) is 5.97. The summed E-state index contributed by atoms with van der Waals surface area (Å²) in [6, 6.07) is 8.76. The molecule has 2 heteroatoms. The number of ether oxygens (including phenoxy) is 1. The van der Waals surface area contributed by atoms with Crippen molar-refractivity contribution in [2.45, 2.75) is 31.6 Å². The van der Waals surface area contributed by atoms with Gasteiger partial charge in [-0.2, -0.15) is 0 Å². The molecule has 2 nitrogen and oxygen atoms in total. The van der Waals surface area contributed by atoms with Gasteiger partial charge in [-0.3, -0.25) is 0 Å². The highest BCUT2D eigenvalue weighted by Gasteiger charge is 2.39. The number of aliphatic hydroxyl groups is 1. The van der Waals surface area contributed by atoms with Crippen LogP contribution < -0.4 is 0 Å². The van der Waals surface area contributed by atoms with Crippen molar-refractivity contribution in [1.29, 1.82) is 0 Å². The van der Waals surface area contributed by atoms with Gasteiger partial charge in [0.1, 0.15) is 0 Å². The van der Waals surface area contributed by atoms with Crippen molar-refractivity contribution >= 4 is 0 Å². The highest BCUT2D eigenvalue weighted by atomic mass is 16.5. The number of aliphatic hydroxyl groups excluding tert-OH is 1. The zero-order valence-corrected chi connectivity index (χ0v) is 10.1. The van der Waals surface area contributed by atoms with Crippen LogP contribution in [0.4, 0.5) is 0 Å². The number of benzene rings is 1. The Morgan fingerprint density at radius 2 is 1.88 bits per heavy atom. The van der Waals surface area contributed by atoms with Gasteiger partial charge in [0.2, 0.25) is 0 Å². The fourth-order valence-electron chi connectivity index (χ4n) is 2.24. The molecule has 1 aliphatic heterocycles. The van der Waals surface area contributed by atoms with E-state index in [0.717, 1.165) is 19.6 Å². The van der Waals surface area contributed by atoms with Gasteiger partial charge < -0.3 is 9.84 Å². The lowest BCUT2D eigenvalue weighted by molar-refractivity contribution is -0.0701. The summed E-state index contributed by atoms with van der Waals surface area (Å²) in [4.78, 5) is 0. The Bertz CT molecular complexity index is 336. The van der Waals surface area contributed by atoms with Crippen molar-refractivity contribution in [1.82, 2.24) is 0 Å². The van der Waals surface area contributed by atoms with Crippen molar-refractivity contribution in [3.63, 3.8) is 0 Å². The predicted octanol–water partition coefficient (Wildman–Crippen LogP) is 2.46. The molecule has 1 aromatic carbocycles. The number of hydrogen-bond donors (Lipinski definition) is 1. The molecule has 16 heavy (non-hydrogen) atoms. The molecule has 0 spiro atoms. The Morgan fingerprint density at radius 1 is 1.25 bits per heavy atom.